The van der Waals surface area contributed by atoms with Crippen LogP contribution in [-0.4, -0.2) is 28.4 Å². The van der Waals surface area contributed by atoms with E-state index in [1.165, 1.54) is 22.2 Å². The van der Waals surface area contributed by atoms with Crippen molar-refractivity contribution in [2.45, 2.75) is 25.0 Å². The molecule has 3 aromatic heterocycles. The minimum Gasteiger partial charge on any atom is -0.263 e. The molecule has 0 bridgehead atoms. The zero-order valence-electron chi connectivity index (χ0n) is 12.8. The van der Waals surface area contributed by atoms with Crippen LogP contribution in [-0.2, 0) is 10.0 Å². The summed E-state index contributed by atoms with van der Waals surface area (Å²) in [7, 11) is -3.67. The van der Waals surface area contributed by atoms with E-state index in [2.05, 4.69) is 20.0 Å². The monoisotopic (exact) mass is 349 g/mol. The Balaban J connectivity index is 1.97. The quantitative estimate of drug-likeness (QED) is 0.781. The summed E-state index contributed by atoms with van der Waals surface area (Å²) in [5, 5.41) is 12.1. The van der Waals surface area contributed by atoms with Gasteiger partial charge in [0.15, 0.2) is 5.82 Å². The number of nitrogens with one attached hydrogen (secondary N) is 1. The Hall–Kier alpha value is -2.26. The molecule has 0 amide bonds. The Bertz CT molecular complexity index is 942. The Kier molecular flexibility index (Phi) is 3.90. The second-order valence-electron chi connectivity index (χ2n) is 5.09. The van der Waals surface area contributed by atoms with E-state index in [-0.39, 0.29) is 0 Å². The van der Waals surface area contributed by atoms with Crippen LogP contribution >= 0.6 is 11.3 Å². The predicted octanol–water partition coefficient (Wildman–Crippen LogP) is 2.45. The van der Waals surface area contributed by atoms with Crippen molar-refractivity contribution in [1.82, 2.24) is 20.0 Å². The van der Waals surface area contributed by atoms with Gasteiger partial charge in [0, 0.05) is 10.9 Å². The van der Waals surface area contributed by atoms with E-state index >= 15 is 0 Å². The topological polar surface area (TPSA) is 89.8 Å². The van der Waals surface area contributed by atoms with Crippen molar-refractivity contribution in [1.29, 1.82) is 0 Å². The molecule has 23 heavy (non-hydrogen) atoms. The summed E-state index contributed by atoms with van der Waals surface area (Å²) in [6.07, 6.45) is 1.51. The molecule has 0 saturated carbocycles. The standard InChI is InChI=1S/C14H15N5O2S2/c1-9-8-11(3)22-14(9)23(20,21)18-13-6-7-15-19(13)12-5-4-10(2)16-17-12/h4-8,18H,1-3H3. The summed E-state index contributed by atoms with van der Waals surface area (Å²) in [5.74, 6) is 0.756. The van der Waals surface area contributed by atoms with Crippen molar-refractivity contribution in [3.63, 3.8) is 0 Å². The second-order valence-corrected chi connectivity index (χ2v) is 8.23. The average molecular weight is 349 g/mol. The van der Waals surface area contributed by atoms with Gasteiger partial charge in [0.25, 0.3) is 10.0 Å². The van der Waals surface area contributed by atoms with Gasteiger partial charge in [-0.3, -0.25) is 4.72 Å². The molecule has 3 aromatic rings. The lowest BCUT2D eigenvalue weighted by Crippen LogP contribution is -2.16. The van der Waals surface area contributed by atoms with Crippen LogP contribution < -0.4 is 4.72 Å². The molecule has 0 saturated heterocycles. The van der Waals surface area contributed by atoms with Crippen LogP contribution in [0.2, 0.25) is 0 Å². The smallest absolute Gasteiger partial charge is 0.263 e. The van der Waals surface area contributed by atoms with Gasteiger partial charge in [0.2, 0.25) is 0 Å². The first kappa shape index (κ1) is 15.6. The first-order valence-corrected chi connectivity index (χ1v) is 9.11. The number of anilines is 1. The lowest BCUT2D eigenvalue weighted by molar-refractivity contribution is 0.602. The van der Waals surface area contributed by atoms with Crippen molar-refractivity contribution in [3.05, 3.63) is 46.6 Å². The van der Waals surface area contributed by atoms with E-state index in [0.717, 1.165) is 16.1 Å². The summed E-state index contributed by atoms with van der Waals surface area (Å²) in [6, 6.07) is 6.94. The van der Waals surface area contributed by atoms with Gasteiger partial charge in [-0.05, 0) is 44.5 Å². The third-order valence-corrected chi connectivity index (χ3v) is 6.27. The van der Waals surface area contributed by atoms with Crippen molar-refractivity contribution in [2.24, 2.45) is 0 Å². The highest BCUT2D eigenvalue weighted by atomic mass is 32.2. The predicted molar refractivity (Wildman–Crippen MR) is 88.5 cm³/mol. The number of sulfonamides is 1. The first-order valence-electron chi connectivity index (χ1n) is 6.81. The maximum atomic E-state index is 12.6. The molecule has 0 aliphatic carbocycles. The molecular weight excluding hydrogens is 334 g/mol. The highest BCUT2D eigenvalue weighted by molar-refractivity contribution is 7.94. The van der Waals surface area contributed by atoms with Crippen molar-refractivity contribution in [3.8, 4) is 5.82 Å². The fourth-order valence-electron chi connectivity index (χ4n) is 2.14. The van der Waals surface area contributed by atoms with E-state index < -0.39 is 10.0 Å². The number of hydrogen-bond acceptors (Lipinski definition) is 6. The summed E-state index contributed by atoms with van der Waals surface area (Å²) in [6.45, 7) is 5.48. The molecule has 7 nitrogen and oxygen atoms in total. The van der Waals surface area contributed by atoms with Crippen LogP contribution in [0.25, 0.3) is 5.82 Å². The van der Waals surface area contributed by atoms with Gasteiger partial charge < -0.3 is 0 Å². The molecular formula is C14H15N5O2S2. The van der Waals surface area contributed by atoms with Crippen molar-refractivity contribution < 1.29 is 8.42 Å². The summed E-state index contributed by atoms with van der Waals surface area (Å²) >= 11 is 1.24. The minimum absolute atomic E-state index is 0.303. The largest absolute Gasteiger partial charge is 0.272 e. The van der Waals surface area contributed by atoms with E-state index in [9.17, 15) is 8.42 Å². The number of rotatable bonds is 4. The molecule has 0 spiro atoms. The Morgan fingerprint density at radius 2 is 1.91 bits per heavy atom. The van der Waals surface area contributed by atoms with Gasteiger partial charge in [0.05, 0.1) is 11.9 Å². The van der Waals surface area contributed by atoms with Gasteiger partial charge in [-0.2, -0.15) is 14.9 Å². The highest BCUT2D eigenvalue weighted by Gasteiger charge is 2.21. The molecule has 0 fully saturated rings. The van der Waals surface area contributed by atoms with Crippen LogP contribution in [0.1, 0.15) is 16.1 Å². The van der Waals surface area contributed by atoms with Crippen LogP contribution in [0.4, 0.5) is 5.82 Å². The molecule has 1 N–H and O–H groups in total. The first-order chi connectivity index (χ1) is 10.9. The molecule has 0 radical (unpaired) electrons. The normalized spacial score (nSPS) is 11.6. The Labute approximate surface area is 138 Å². The van der Waals surface area contributed by atoms with Gasteiger partial charge in [-0.15, -0.1) is 16.4 Å². The van der Waals surface area contributed by atoms with Crippen LogP contribution in [0.5, 0.6) is 0 Å². The van der Waals surface area contributed by atoms with Gasteiger partial charge in [-0.1, -0.05) is 0 Å². The van der Waals surface area contributed by atoms with Gasteiger partial charge in [-0.25, -0.2) is 8.42 Å². The summed E-state index contributed by atoms with van der Waals surface area (Å²) in [4.78, 5) is 0.945. The van der Waals surface area contributed by atoms with Crippen molar-refractivity contribution >= 4 is 27.2 Å². The van der Waals surface area contributed by atoms with E-state index in [1.54, 1.807) is 25.1 Å². The zero-order valence-corrected chi connectivity index (χ0v) is 14.4. The minimum atomic E-state index is -3.67. The lowest BCUT2D eigenvalue weighted by Gasteiger charge is -2.09. The molecule has 3 rings (SSSR count). The summed E-state index contributed by atoms with van der Waals surface area (Å²) in [5.41, 5.74) is 1.49. The number of thiophene rings is 1. The molecule has 0 aliphatic rings. The fourth-order valence-corrected chi connectivity index (χ4v) is 4.85. The van der Waals surface area contributed by atoms with Crippen LogP contribution in [0, 0.1) is 20.8 Å². The number of hydrogen-bond donors (Lipinski definition) is 1. The van der Waals surface area contributed by atoms with E-state index in [0.29, 0.717) is 15.8 Å². The van der Waals surface area contributed by atoms with Gasteiger partial charge in [0.1, 0.15) is 10.0 Å². The van der Waals surface area contributed by atoms with Crippen molar-refractivity contribution in [2.75, 3.05) is 4.72 Å². The molecule has 0 aromatic carbocycles. The third kappa shape index (κ3) is 3.10. The van der Waals surface area contributed by atoms with Gasteiger partial charge >= 0.3 is 0 Å². The Morgan fingerprint density at radius 1 is 1.13 bits per heavy atom. The molecule has 3 heterocycles. The average Bonchev–Trinajstić information content (AvgIpc) is 3.06. The maximum absolute atomic E-state index is 12.6. The maximum Gasteiger partial charge on any atom is 0.272 e. The fraction of sp³-hybridized carbons (Fsp3) is 0.214. The summed E-state index contributed by atoms with van der Waals surface area (Å²) < 4.78 is 29.5. The lowest BCUT2D eigenvalue weighted by atomic mass is 10.4. The Morgan fingerprint density at radius 3 is 2.52 bits per heavy atom. The number of aromatic nitrogens is 4. The number of aryl methyl sites for hydroxylation is 3. The highest BCUT2D eigenvalue weighted by Crippen LogP contribution is 2.28. The molecule has 0 unspecified atom stereocenters. The van der Waals surface area contributed by atoms with E-state index in [1.807, 2.05) is 19.9 Å². The number of nitrogens with zero attached hydrogens (tertiary/aromatic N) is 4. The molecule has 120 valence electrons. The SMILES string of the molecule is Cc1ccc(-n2nccc2NS(=O)(=O)c2sc(C)cc2C)nn1. The second kappa shape index (κ2) is 5.74. The molecule has 9 heteroatoms. The van der Waals surface area contributed by atoms with E-state index in [4.69, 9.17) is 0 Å². The third-order valence-electron chi connectivity index (χ3n) is 3.12. The van der Waals surface area contributed by atoms with Crippen LogP contribution in [0.15, 0.2) is 34.7 Å². The molecule has 0 aliphatic heterocycles. The van der Waals surface area contributed by atoms with Crippen LogP contribution in [0.3, 0.4) is 0 Å². The molecule has 0 atom stereocenters. The zero-order chi connectivity index (χ0) is 16.6.